The second-order valence-electron chi connectivity index (χ2n) is 2.78. The summed E-state index contributed by atoms with van der Waals surface area (Å²) in [6, 6.07) is 4.07. The van der Waals surface area contributed by atoms with E-state index in [1.165, 1.54) is 12.8 Å². The summed E-state index contributed by atoms with van der Waals surface area (Å²) in [7, 11) is 0. The average Bonchev–Trinajstić information content (AvgIpc) is 2.43. The van der Waals surface area contributed by atoms with Crippen molar-refractivity contribution in [2.45, 2.75) is 25.7 Å². The van der Waals surface area contributed by atoms with Crippen molar-refractivity contribution >= 4 is 0 Å². The molecule has 1 aliphatic carbocycles. The van der Waals surface area contributed by atoms with Gasteiger partial charge in [-0.15, -0.1) is 0 Å². The van der Waals surface area contributed by atoms with E-state index < -0.39 is 0 Å². The van der Waals surface area contributed by atoms with E-state index in [1.807, 2.05) is 12.1 Å². The van der Waals surface area contributed by atoms with Gasteiger partial charge in [0.25, 0.3) is 0 Å². The lowest BCUT2D eigenvalue weighted by molar-refractivity contribution is 0.486. The Morgan fingerprint density at radius 3 is 2.00 bits per heavy atom. The first-order chi connectivity index (χ1) is 4.88. The van der Waals surface area contributed by atoms with Gasteiger partial charge >= 0.3 is 0 Å². The second kappa shape index (κ2) is 3.22. The Kier molecular flexibility index (Phi) is 2.29. The van der Waals surface area contributed by atoms with Crippen LogP contribution in [0.1, 0.15) is 25.7 Å². The predicted molar refractivity (Wildman–Crippen MR) is 36.7 cm³/mol. The molecule has 0 bridgehead atoms. The highest BCUT2D eigenvalue weighted by Gasteiger charge is 2.24. The zero-order chi connectivity index (χ0) is 7.40. The first-order valence-electron chi connectivity index (χ1n) is 3.67. The van der Waals surface area contributed by atoms with Gasteiger partial charge in [-0.1, -0.05) is 12.8 Å². The van der Waals surface area contributed by atoms with Crippen LogP contribution in [0.25, 0.3) is 0 Å². The van der Waals surface area contributed by atoms with E-state index in [0.29, 0.717) is 5.92 Å². The molecule has 0 aromatic rings. The fraction of sp³-hybridized carbons (Fsp3) is 0.750. The minimum absolute atomic E-state index is 0.345. The van der Waals surface area contributed by atoms with E-state index in [0.717, 1.165) is 12.8 Å². The molecule has 0 aliphatic heterocycles. The molecule has 0 aromatic heterocycles. The fourth-order valence-electron chi connectivity index (χ4n) is 1.53. The summed E-state index contributed by atoms with van der Waals surface area (Å²) in [5.74, 6) is 0.0255. The monoisotopic (exact) mass is 134 g/mol. The van der Waals surface area contributed by atoms with Crippen molar-refractivity contribution in [2.75, 3.05) is 0 Å². The van der Waals surface area contributed by atoms with E-state index in [1.54, 1.807) is 0 Å². The molecule has 0 radical (unpaired) electrons. The van der Waals surface area contributed by atoms with Crippen LogP contribution < -0.4 is 0 Å². The molecule has 0 N–H and O–H groups in total. The van der Waals surface area contributed by atoms with Gasteiger partial charge in [-0.05, 0) is 18.8 Å². The van der Waals surface area contributed by atoms with E-state index in [-0.39, 0.29) is 5.92 Å². The van der Waals surface area contributed by atoms with Crippen LogP contribution in [0.4, 0.5) is 0 Å². The zero-order valence-corrected chi connectivity index (χ0v) is 5.88. The van der Waals surface area contributed by atoms with Gasteiger partial charge in [0.2, 0.25) is 0 Å². The Bertz CT molecular complexity index is 164. The van der Waals surface area contributed by atoms with Crippen molar-refractivity contribution in [3.63, 3.8) is 0 Å². The minimum Gasteiger partial charge on any atom is -0.197 e. The third-order valence-corrected chi connectivity index (χ3v) is 2.15. The van der Waals surface area contributed by atoms with Crippen LogP contribution in [0.3, 0.4) is 0 Å². The summed E-state index contributed by atoms with van der Waals surface area (Å²) in [5.41, 5.74) is 0. The molecule has 1 rings (SSSR count). The van der Waals surface area contributed by atoms with Gasteiger partial charge in [0.05, 0.1) is 12.1 Å². The molecule has 0 atom stereocenters. The maximum Gasteiger partial charge on any atom is 0.136 e. The maximum absolute atomic E-state index is 8.51. The van der Waals surface area contributed by atoms with Gasteiger partial charge in [0.1, 0.15) is 5.92 Å². The molecule has 0 amide bonds. The lowest BCUT2D eigenvalue weighted by Crippen LogP contribution is -2.06. The highest BCUT2D eigenvalue weighted by molar-refractivity contribution is 5.03. The first-order valence-corrected chi connectivity index (χ1v) is 3.67. The van der Waals surface area contributed by atoms with Gasteiger partial charge in [0, 0.05) is 0 Å². The number of nitriles is 2. The molecule has 0 spiro atoms. The van der Waals surface area contributed by atoms with Gasteiger partial charge in [-0.25, -0.2) is 0 Å². The minimum atomic E-state index is -0.345. The average molecular weight is 134 g/mol. The quantitative estimate of drug-likeness (QED) is 0.549. The summed E-state index contributed by atoms with van der Waals surface area (Å²) in [4.78, 5) is 0. The largest absolute Gasteiger partial charge is 0.197 e. The standard InChI is InChI=1S/C8H10N2/c9-5-8(6-10)7-3-1-2-4-7/h7-8H,1-4H2. The van der Waals surface area contributed by atoms with E-state index in [2.05, 4.69) is 0 Å². The topological polar surface area (TPSA) is 47.6 Å². The molecule has 0 aromatic carbocycles. The Morgan fingerprint density at radius 1 is 1.10 bits per heavy atom. The Hall–Kier alpha value is -1.02. The molecule has 0 saturated heterocycles. The fourth-order valence-corrected chi connectivity index (χ4v) is 1.53. The normalized spacial score (nSPS) is 18.7. The SMILES string of the molecule is N#CC(C#N)C1CCCC1. The van der Waals surface area contributed by atoms with Crippen LogP contribution in [0.2, 0.25) is 0 Å². The van der Waals surface area contributed by atoms with Crippen LogP contribution >= 0.6 is 0 Å². The molecular weight excluding hydrogens is 124 g/mol. The van der Waals surface area contributed by atoms with Crippen molar-refractivity contribution in [1.82, 2.24) is 0 Å². The molecule has 1 aliphatic rings. The molecular formula is C8H10N2. The van der Waals surface area contributed by atoms with Gasteiger partial charge in [-0.3, -0.25) is 0 Å². The van der Waals surface area contributed by atoms with Gasteiger partial charge < -0.3 is 0 Å². The summed E-state index contributed by atoms with van der Waals surface area (Å²) in [5, 5.41) is 17.0. The summed E-state index contributed by atoms with van der Waals surface area (Å²) < 4.78 is 0. The molecule has 52 valence electrons. The number of hydrogen-bond acceptors (Lipinski definition) is 2. The molecule has 2 nitrogen and oxygen atoms in total. The molecule has 1 saturated carbocycles. The van der Waals surface area contributed by atoms with Crippen molar-refractivity contribution in [3.05, 3.63) is 0 Å². The highest BCUT2D eigenvalue weighted by Crippen LogP contribution is 2.30. The maximum atomic E-state index is 8.51. The smallest absolute Gasteiger partial charge is 0.136 e. The number of nitrogens with zero attached hydrogens (tertiary/aromatic N) is 2. The highest BCUT2D eigenvalue weighted by atomic mass is 14.4. The zero-order valence-electron chi connectivity index (χ0n) is 5.88. The molecule has 0 heterocycles. The predicted octanol–water partition coefficient (Wildman–Crippen LogP) is 1.84. The molecule has 2 heteroatoms. The van der Waals surface area contributed by atoms with Crippen LogP contribution in [-0.2, 0) is 0 Å². The van der Waals surface area contributed by atoms with Crippen molar-refractivity contribution in [3.8, 4) is 12.1 Å². The molecule has 1 fully saturated rings. The third kappa shape index (κ3) is 1.28. The van der Waals surface area contributed by atoms with Gasteiger partial charge in [0.15, 0.2) is 0 Å². The second-order valence-corrected chi connectivity index (χ2v) is 2.78. The third-order valence-electron chi connectivity index (χ3n) is 2.15. The van der Waals surface area contributed by atoms with Crippen molar-refractivity contribution in [2.24, 2.45) is 11.8 Å². The summed E-state index contributed by atoms with van der Waals surface area (Å²) in [6.45, 7) is 0. The molecule has 10 heavy (non-hydrogen) atoms. The lowest BCUT2D eigenvalue weighted by Gasteiger charge is -2.06. The Balaban J connectivity index is 2.48. The van der Waals surface area contributed by atoms with E-state index >= 15 is 0 Å². The van der Waals surface area contributed by atoms with Crippen LogP contribution in [0.5, 0.6) is 0 Å². The summed E-state index contributed by atoms with van der Waals surface area (Å²) in [6.07, 6.45) is 4.55. The van der Waals surface area contributed by atoms with E-state index in [4.69, 9.17) is 10.5 Å². The van der Waals surface area contributed by atoms with Crippen molar-refractivity contribution in [1.29, 1.82) is 10.5 Å². The van der Waals surface area contributed by atoms with Crippen molar-refractivity contribution < 1.29 is 0 Å². The van der Waals surface area contributed by atoms with Crippen LogP contribution in [-0.4, -0.2) is 0 Å². The molecule has 0 unspecified atom stereocenters. The van der Waals surface area contributed by atoms with Gasteiger partial charge in [-0.2, -0.15) is 10.5 Å². The van der Waals surface area contributed by atoms with Crippen LogP contribution in [0, 0.1) is 34.5 Å². The van der Waals surface area contributed by atoms with E-state index in [9.17, 15) is 0 Å². The number of rotatable bonds is 1. The first kappa shape index (κ1) is 7.09. The Labute approximate surface area is 61.1 Å². The number of hydrogen-bond donors (Lipinski definition) is 0. The lowest BCUT2D eigenvalue weighted by atomic mass is 9.94. The Morgan fingerprint density at radius 2 is 1.60 bits per heavy atom. The van der Waals surface area contributed by atoms with Crippen LogP contribution in [0.15, 0.2) is 0 Å². The summed E-state index contributed by atoms with van der Waals surface area (Å²) >= 11 is 0.